The molecule has 0 radical (unpaired) electrons. The van der Waals surface area contributed by atoms with E-state index in [0.29, 0.717) is 23.8 Å². The maximum atomic E-state index is 12.0. The van der Waals surface area contributed by atoms with Crippen LogP contribution in [0.3, 0.4) is 0 Å². The van der Waals surface area contributed by atoms with Gasteiger partial charge in [0.15, 0.2) is 0 Å². The van der Waals surface area contributed by atoms with E-state index in [1.165, 1.54) is 16.8 Å². The summed E-state index contributed by atoms with van der Waals surface area (Å²) in [7, 11) is 0. The van der Waals surface area contributed by atoms with E-state index in [1.807, 2.05) is 0 Å². The summed E-state index contributed by atoms with van der Waals surface area (Å²) in [5.74, 6) is -0.730. The summed E-state index contributed by atoms with van der Waals surface area (Å²) in [4.78, 5) is 25.1. The van der Waals surface area contributed by atoms with E-state index >= 15 is 0 Å². The molecule has 0 saturated carbocycles. The monoisotopic (exact) mass is 415 g/mol. The lowest BCUT2D eigenvalue weighted by molar-refractivity contribution is 0.0997. The predicted molar refractivity (Wildman–Crippen MR) is 102 cm³/mol. The SMILES string of the molecule is Cl.N=c1c(C(N)=O)cc(Cl)cn1Cc1cc(Cl)ccc1N1CCNC1=O. The summed E-state index contributed by atoms with van der Waals surface area (Å²) in [6.45, 7) is 1.30. The van der Waals surface area contributed by atoms with Gasteiger partial charge in [-0.25, -0.2) is 4.79 Å². The quantitative estimate of drug-likeness (QED) is 0.712. The molecule has 0 bridgehead atoms. The zero-order valence-electron chi connectivity index (χ0n) is 13.5. The van der Waals surface area contributed by atoms with Crippen LogP contribution in [0.2, 0.25) is 10.0 Å². The Morgan fingerprint density at radius 2 is 2.00 bits per heavy atom. The molecule has 1 aliphatic rings. The number of halogens is 3. The van der Waals surface area contributed by atoms with Crippen molar-refractivity contribution in [2.24, 2.45) is 5.73 Å². The molecule has 0 unspecified atom stereocenters. The number of nitrogens with one attached hydrogen (secondary N) is 2. The molecule has 1 saturated heterocycles. The van der Waals surface area contributed by atoms with Gasteiger partial charge in [0, 0.05) is 24.3 Å². The van der Waals surface area contributed by atoms with Crippen LogP contribution in [0.15, 0.2) is 30.5 Å². The third kappa shape index (κ3) is 3.95. The van der Waals surface area contributed by atoms with Gasteiger partial charge in [0.25, 0.3) is 5.91 Å². The molecule has 0 atom stereocenters. The first-order valence-electron chi connectivity index (χ1n) is 7.45. The molecule has 26 heavy (non-hydrogen) atoms. The maximum Gasteiger partial charge on any atom is 0.322 e. The minimum Gasteiger partial charge on any atom is -0.365 e. The topological polar surface area (TPSA) is 104 Å². The van der Waals surface area contributed by atoms with Crippen molar-refractivity contribution in [3.63, 3.8) is 0 Å². The Labute approximate surface area is 165 Å². The predicted octanol–water partition coefficient (Wildman–Crippen LogP) is 2.37. The fourth-order valence-electron chi connectivity index (χ4n) is 2.75. The minimum atomic E-state index is -0.730. The summed E-state index contributed by atoms with van der Waals surface area (Å²) in [6, 6.07) is 6.34. The number of nitrogens with two attached hydrogens (primary N) is 1. The van der Waals surface area contributed by atoms with Crippen molar-refractivity contribution in [3.8, 4) is 0 Å². The highest BCUT2D eigenvalue weighted by Gasteiger charge is 2.23. The second kappa shape index (κ2) is 7.99. The number of rotatable bonds is 4. The number of pyridine rings is 1. The van der Waals surface area contributed by atoms with Crippen molar-refractivity contribution in [1.29, 1.82) is 5.41 Å². The maximum absolute atomic E-state index is 12.0. The average Bonchev–Trinajstić information content (AvgIpc) is 2.96. The van der Waals surface area contributed by atoms with Crippen LogP contribution >= 0.6 is 35.6 Å². The molecule has 1 fully saturated rings. The van der Waals surface area contributed by atoms with Crippen molar-refractivity contribution in [1.82, 2.24) is 9.88 Å². The first-order chi connectivity index (χ1) is 11.9. The Morgan fingerprint density at radius 1 is 1.27 bits per heavy atom. The Bertz CT molecular complexity index is 929. The van der Waals surface area contributed by atoms with E-state index in [-0.39, 0.29) is 41.1 Å². The Morgan fingerprint density at radius 3 is 2.62 bits per heavy atom. The van der Waals surface area contributed by atoms with Gasteiger partial charge >= 0.3 is 6.03 Å². The van der Waals surface area contributed by atoms with E-state index in [2.05, 4.69) is 5.32 Å². The summed E-state index contributed by atoms with van der Waals surface area (Å²) in [5, 5.41) is 11.7. The van der Waals surface area contributed by atoms with Gasteiger partial charge in [0.2, 0.25) is 0 Å². The van der Waals surface area contributed by atoms with Crippen LogP contribution in [-0.4, -0.2) is 29.6 Å². The normalized spacial score (nSPS) is 13.3. The molecule has 2 heterocycles. The van der Waals surface area contributed by atoms with Gasteiger partial charge in [0.05, 0.1) is 22.8 Å². The fraction of sp³-hybridized carbons (Fsp3) is 0.188. The van der Waals surface area contributed by atoms with Crippen LogP contribution in [0.4, 0.5) is 10.5 Å². The molecule has 7 nitrogen and oxygen atoms in total. The molecular formula is C16H16Cl3N5O2. The number of nitrogens with zero attached hydrogens (tertiary/aromatic N) is 2. The van der Waals surface area contributed by atoms with Gasteiger partial charge in [-0.2, -0.15) is 0 Å². The number of benzene rings is 1. The number of hydrogen-bond donors (Lipinski definition) is 3. The van der Waals surface area contributed by atoms with Crippen molar-refractivity contribution >= 4 is 53.2 Å². The van der Waals surface area contributed by atoms with Crippen LogP contribution in [0.1, 0.15) is 15.9 Å². The largest absolute Gasteiger partial charge is 0.365 e. The van der Waals surface area contributed by atoms with E-state index in [0.717, 1.165) is 5.56 Å². The molecule has 1 aromatic heterocycles. The molecule has 138 valence electrons. The average molecular weight is 417 g/mol. The lowest BCUT2D eigenvalue weighted by atomic mass is 10.1. The van der Waals surface area contributed by atoms with E-state index in [9.17, 15) is 9.59 Å². The number of primary amides is 1. The van der Waals surface area contributed by atoms with Gasteiger partial charge in [-0.15, -0.1) is 12.4 Å². The number of aromatic nitrogens is 1. The number of urea groups is 1. The Kier molecular flexibility index (Phi) is 6.17. The number of anilines is 1. The number of amides is 3. The fourth-order valence-corrected chi connectivity index (χ4v) is 3.17. The smallest absolute Gasteiger partial charge is 0.322 e. The third-order valence-electron chi connectivity index (χ3n) is 3.90. The lowest BCUT2D eigenvalue weighted by Gasteiger charge is -2.20. The van der Waals surface area contributed by atoms with Crippen molar-refractivity contribution < 1.29 is 9.59 Å². The molecule has 4 N–H and O–H groups in total. The molecule has 0 spiro atoms. The second-order valence-electron chi connectivity index (χ2n) is 5.57. The first kappa shape index (κ1) is 20.1. The molecule has 1 aliphatic heterocycles. The third-order valence-corrected chi connectivity index (χ3v) is 4.34. The van der Waals surface area contributed by atoms with Crippen LogP contribution in [0.5, 0.6) is 0 Å². The van der Waals surface area contributed by atoms with E-state index in [1.54, 1.807) is 23.1 Å². The van der Waals surface area contributed by atoms with Crippen molar-refractivity contribution in [3.05, 3.63) is 57.1 Å². The summed E-state index contributed by atoms with van der Waals surface area (Å²) < 4.78 is 1.49. The van der Waals surface area contributed by atoms with Crippen LogP contribution < -0.4 is 21.4 Å². The zero-order chi connectivity index (χ0) is 18.1. The highest BCUT2D eigenvalue weighted by molar-refractivity contribution is 6.31. The van der Waals surface area contributed by atoms with Gasteiger partial charge in [0.1, 0.15) is 5.49 Å². The van der Waals surface area contributed by atoms with Crippen molar-refractivity contribution in [2.75, 3.05) is 18.0 Å². The minimum absolute atomic E-state index is 0. The molecule has 3 rings (SSSR count). The van der Waals surface area contributed by atoms with Crippen molar-refractivity contribution in [2.45, 2.75) is 6.54 Å². The standard InChI is InChI=1S/C16H15Cl2N5O2.ClH/c17-10-1-2-13(23-4-3-21-16(23)25)9(5-10)7-22-8-11(18)6-12(14(22)19)15(20)24;/h1-2,5-6,8,19H,3-4,7H2,(H2,20,24)(H,21,25);1H. The van der Waals surface area contributed by atoms with Crippen LogP contribution in [0, 0.1) is 5.41 Å². The first-order valence-corrected chi connectivity index (χ1v) is 8.20. The van der Waals surface area contributed by atoms with E-state index in [4.69, 9.17) is 34.3 Å². The number of carbonyl (C=O) groups is 2. The number of carbonyl (C=O) groups excluding carboxylic acids is 2. The summed E-state index contributed by atoms with van der Waals surface area (Å²) in [5.41, 5.74) is 6.68. The Hall–Kier alpha value is -2.22. The van der Waals surface area contributed by atoms with Crippen LogP contribution in [-0.2, 0) is 6.54 Å². The Balaban J connectivity index is 0.00000243. The van der Waals surface area contributed by atoms with Crippen LogP contribution in [0.25, 0.3) is 0 Å². The zero-order valence-corrected chi connectivity index (χ0v) is 15.8. The number of hydrogen-bond acceptors (Lipinski definition) is 3. The van der Waals surface area contributed by atoms with Gasteiger partial charge in [-0.1, -0.05) is 23.2 Å². The molecule has 3 amide bonds. The summed E-state index contributed by atoms with van der Waals surface area (Å²) in [6.07, 6.45) is 1.53. The lowest BCUT2D eigenvalue weighted by Crippen LogP contribution is -2.31. The summed E-state index contributed by atoms with van der Waals surface area (Å²) >= 11 is 12.1. The molecule has 1 aromatic carbocycles. The highest BCUT2D eigenvalue weighted by atomic mass is 35.5. The highest BCUT2D eigenvalue weighted by Crippen LogP contribution is 2.26. The van der Waals surface area contributed by atoms with Gasteiger partial charge < -0.3 is 15.6 Å². The molecule has 0 aliphatic carbocycles. The molecule has 10 heteroatoms. The second-order valence-corrected chi connectivity index (χ2v) is 6.44. The van der Waals surface area contributed by atoms with E-state index < -0.39 is 5.91 Å². The molecular weight excluding hydrogens is 401 g/mol. The van der Waals surface area contributed by atoms with Gasteiger partial charge in [-0.3, -0.25) is 15.1 Å². The van der Waals surface area contributed by atoms with Gasteiger partial charge in [-0.05, 0) is 29.8 Å². The molecule has 2 aromatic rings.